The third kappa shape index (κ3) is 4.47. The second kappa shape index (κ2) is 9.66. The quantitative estimate of drug-likeness (QED) is 0.358. The Morgan fingerprint density at radius 1 is 1.00 bits per heavy atom. The number of fused-ring (bicyclic) bond motifs is 1. The minimum Gasteiger partial charge on any atom is -0.495 e. The summed E-state index contributed by atoms with van der Waals surface area (Å²) in [4.78, 5) is 27.8. The molecule has 4 aliphatic rings. The van der Waals surface area contributed by atoms with Gasteiger partial charge in [-0.25, -0.2) is 0 Å². The Labute approximate surface area is 219 Å². The van der Waals surface area contributed by atoms with Gasteiger partial charge < -0.3 is 14.6 Å². The molecule has 1 amide bonds. The third-order valence-corrected chi connectivity index (χ3v) is 9.13. The van der Waals surface area contributed by atoms with Gasteiger partial charge in [-0.15, -0.1) is 0 Å². The highest BCUT2D eigenvalue weighted by Crippen LogP contribution is 2.55. The molecule has 4 fully saturated rings. The molecule has 37 heavy (non-hydrogen) atoms. The van der Waals surface area contributed by atoms with Gasteiger partial charge in [0.15, 0.2) is 0 Å². The summed E-state index contributed by atoms with van der Waals surface area (Å²) < 4.78 is 7.90. The van der Waals surface area contributed by atoms with Crippen molar-refractivity contribution in [1.29, 1.82) is 0 Å². The molecule has 7 rings (SSSR count). The fraction of sp³-hybridized carbons (Fsp3) is 0.500. The van der Waals surface area contributed by atoms with Gasteiger partial charge >= 0.3 is 0 Å². The van der Waals surface area contributed by atoms with Gasteiger partial charge in [0.2, 0.25) is 5.43 Å². The summed E-state index contributed by atoms with van der Waals surface area (Å²) in [6.07, 6.45) is 12.1. The maximum atomic E-state index is 14.0. The van der Waals surface area contributed by atoms with Crippen molar-refractivity contribution in [3.8, 4) is 16.9 Å². The first-order valence-corrected chi connectivity index (χ1v) is 14.1. The van der Waals surface area contributed by atoms with Crippen LogP contribution in [0, 0.1) is 17.8 Å². The Kier molecular flexibility index (Phi) is 6.34. The molecule has 1 heterocycles. The van der Waals surface area contributed by atoms with Gasteiger partial charge in [0.05, 0.1) is 18.0 Å². The highest BCUT2D eigenvalue weighted by atomic mass is 16.5. The Hall–Kier alpha value is -3.08. The number of hydrogen-bond donors (Lipinski definition) is 1. The molecule has 5 nitrogen and oxygen atoms in total. The molecule has 2 aromatic carbocycles. The van der Waals surface area contributed by atoms with Gasteiger partial charge in [-0.05, 0) is 86.0 Å². The number of carbonyl (C=O) groups excluding carboxylic acids is 1. The molecule has 4 aliphatic carbocycles. The molecule has 0 aliphatic heterocycles. The highest BCUT2D eigenvalue weighted by Gasteiger charge is 2.51. The van der Waals surface area contributed by atoms with Crippen molar-refractivity contribution < 1.29 is 9.53 Å². The van der Waals surface area contributed by atoms with Gasteiger partial charge in [-0.1, -0.05) is 50.1 Å². The van der Waals surface area contributed by atoms with Crippen LogP contribution in [0.4, 0.5) is 0 Å². The lowest BCUT2D eigenvalue weighted by Crippen LogP contribution is -2.60. The second-order valence-corrected chi connectivity index (χ2v) is 11.9. The lowest BCUT2D eigenvalue weighted by molar-refractivity contribution is -0.0167. The standard InChI is InChI=1S/C32H38N2O3/c1-3-4-8-11-34-20-27(31(36)33-32-17-21-12-22(18-32)14-23(13-21)19-32)30(35)26-15-25(16-28(37-2)29(26)34)24-9-6-5-7-10-24/h5-7,9-10,15-16,20-23H,3-4,8,11-14,17-19H2,1-2H3,(H,33,36). The van der Waals surface area contributed by atoms with E-state index in [0.717, 1.165) is 79.5 Å². The molecule has 0 atom stereocenters. The van der Waals surface area contributed by atoms with Crippen molar-refractivity contribution in [2.75, 3.05) is 7.11 Å². The number of pyridine rings is 1. The first-order chi connectivity index (χ1) is 18.0. The molecule has 4 saturated carbocycles. The van der Waals surface area contributed by atoms with E-state index in [2.05, 4.69) is 16.8 Å². The number of aromatic nitrogens is 1. The van der Waals surface area contributed by atoms with Crippen molar-refractivity contribution >= 4 is 16.8 Å². The molecule has 1 aromatic heterocycles. The largest absolute Gasteiger partial charge is 0.495 e. The summed E-state index contributed by atoms with van der Waals surface area (Å²) in [5.41, 5.74) is 2.62. The molecule has 0 radical (unpaired) electrons. The molecule has 1 N–H and O–H groups in total. The molecule has 3 aromatic rings. The lowest BCUT2D eigenvalue weighted by atomic mass is 9.53. The lowest BCUT2D eigenvalue weighted by Gasteiger charge is -2.56. The summed E-state index contributed by atoms with van der Waals surface area (Å²) in [7, 11) is 1.65. The van der Waals surface area contributed by atoms with E-state index in [1.54, 1.807) is 13.3 Å². The molecule has 4 bridgehead atoms. The van der Waals surface area contributed by atoms with Gasteiger partial charge in [0, 0.05) is 18.3 Å². The van der Waals surface area contributed by atoms with Crippen LogP contribution in [0.3, 0.4) is 0 Å². The number of amides is 1. The maximum absolute atomic E-state index is 14.0. The summed E-state index contributed by atoms with van der Waals surface area (Å²) in [5, 5.41) is 3.98. The minimum atomic E-state index is -0.208. The van der Waals surface area contributed by atoms with Gasteiger partial charge in [-0.2, -0.15) is 0 Å². The maximum Gasteiger partial charge on any atom is 0.257 e. The van der Waals surface area contributed by atoms with Gasteiger partial charge in [0.25, 0.3) is 5.91 Å². The Morgan fingerprint density at radius 2 is 1.68 bits per heavy atom. The van der Waals surface area contributed by atoms with Gasteiger partial charge in [0.1, 0.15) is 11.3 Å². The molecule has 0 saturated heterocycles. The Bertz CT molecular complexity index is 1340. The van der Waals surface area contributed by atoms with Crippen LogP contribution in [-0.4, -0.2) is 23.1 Å². The fourth-order valence-electron chi connectivity index (χ4n) is 7.90. The number of aryl methyl sites for hydroxylation is 1. The average molecular weight is 499 g/mol. The number of hydrogen-bond acceptors (Lipinski definition) is 3. The van der Waals surface area contributed by atoms with Crippen LogP contribution in [0.2, 0.25) is 0 Å². The normalized spacial score (nSPS) is 25.9. The van der Waals surface area contributed by atoms with E-state index in [9.17, 15) is 9.59 Å². The van der Waals surface area contributed by atoms with Crippen LogP contribution >= 0.6 is 0 Å². The minimum absolute atomic E-state index is 0.135. The molecule has 5 heteroatoms. The van der Waals surface area contributed by atoms with Crippen LogP contribution in [-0.2, 0) is 6.54 Å². The summed E-state index contributed by atoms with van der Waals surface area (Å²) >= 11 is 0. The first kappa shape index (κ1) is 24.3. The predicted molar refractivity (Wildman–Crippen MR) is 148 cm³/mol. The van der Waals surface area contributed by atoms with Crippen molar-refractivity contribution in [2.45, 2.75) is 76.8 Å². The van der Waals surface area contributed by atoms with E-state index in [1.165, 1.54) is 19.3 Å². The molecule has 0 spiro atoms. The molecular formula is C32H38N2O3. The number of benzene rings is 2. The summed E-state index contributed by atoms with van der Waals surface area (Å²) in [6.45, 7) is 2.92. The second-order valence-electron chi connectivity index (χ2n) is 11.9. The fourth-order valence-corrected chi connectivity index (χ4v) is 7.90. The number of methoxy groups -OCH3 is 1. The van der Waals surface area contributed by atoms with E-state index in [4.69, 9.17) is 4.74 Å². The predicted octanol–water partition coefficient (Wildman–Crippen LogP) is 6.57. The van der Waals surface area contributed by atoms with Crippen LogP contribution in [0.5, 0.6) is 5.75 Å². The van der Waals surface area contributed by atoms with E-state index in [0.29, 0.717) is 11.1 Å². The van der Waals surface area contributed by atoms with Crippen LogP contribution < -0.4 is 15.5 Å². The molecule has 0 unspecified atom stereocenters. The van der Waals surface area contributed by atoms with Crippen molar-refractivity contribution in [2.24, 2.45) is 17.8 Å². The zero-order valence-corrected chi connectivity index (χ0v) is 22.1. The Balaban J connectivity index is 1.44. The van der Waals surface area contributed by atoms with Gasteiger partial charge in [-0.3, -0.25) is 9.59 Å². The zero-order chi connectivity index (χ0) is 25.6. The summed E-state index contributed by atoms with van der Waals surface area (Å²) in [6, 6.07) is 14.0. The number of nitrogens with one attached hydrogen (secondary N) is 1. The number of ether oxygens (including phenoxy) is 1. The molecular weight excluding hydrogens is 460 g/mol. The van der Waals surface area contributed by atoms with E-state index in [1.807, 2.05) is 42.5 Å². The van der Waals surface area contributed by atoms with Crippen molar-refractivity contribution in [3.63, 3.8) is 0 Å². The van der Waals surface area contributed by atoms with E-state index in [-0.39, 0.29) is 22.4 Å². The zero-order valence-electron chi connectivity index (χ0n) is 22.1. The SMILES string of the molecule is CCCCCn1cc(C(=O)NC23CC4CC(CC(C4)C2)C3)c(=O)c2cc(-c3ccccc3)cc(OC)c21. The highest BCUT2D eigenvalue weighted by molar-refractivity contribution is 5.99. The average Bonchev–Trinajstić information content (AvgIpc) is 2.89. The van der Waals surface area contributed by atoms with E-state index < -0.39 is 0 Å². The van der Waals surface area contributed by atoms with Crippen molar-refractivity contribution in [1.82, 2.24) is 9.88 Å². The number of unbranched alkanes of at least 4 members (excludes halogenated alkanes) is 2. The monoisotopic (exact) mass is 498 g/mol. The number of carbonyl (C=O) groups is 1. The van der Waals surface area contributed by atoms with Crippen LogP contribution in [0.25, 0.3) is 22.0 Å². The topological polar surface area (TPSA) is 60.3 Å². The molecule has 194 valence electrons. The summed E-state index contributed by atoms with van der Waals surface area (Å²) in [5.74, 6) is 2.64. The van der Waals surface area contributed by atoms with E-state index >= 15 is 0 Å². The van der Waals surface area contributed by atoms with Crippen LogP contribution in [0.1, 0.15) is 75.1 Å². The van der Waals surface area contributed by atoms with Crippen molar-refractivity contribution in [3.05, 3.63) is 64.4 Å². The third-order valence-electron chi connectivity index (χ3n) is 9.13. The Morgan fingerprint density at radius 3 is 2.30 bits per heavy atom. The van der Waals surface area contributed by atoms with Crippen LogP contribution in [0.15, 0.2) is 53.5 Å². The number of rotatable bonds is 8. The smallest absolute Gasteiger partial charge is 0.257 e. The first-order valence-electron chi connectivity index (χ1n) is 14.1. The number of nitrogens with zero attached hydrogens (tertiary/aromatic N) is 1.